The number of rotatable bonds is 6. The highest BCUT2D eigenvalue weighted by Gasteiger charge is 2.53. The van der Waals surface area contributed by atoms with E-state index in [2.05, 4.69) is 42.0 Å². The van der Waals surface area contributed by atoms with Crippen LogP contribution in [0.4, 0.5) is 0 Å². The van der Waals surface area contributed by atoms with Crippen LogP contribution in [0.1, 0.15) is 45.4 Å². The van der Waals surface area contributed by atoms with Crippen LogP contribution in [0.5, 0.6) is 0 Å². The first-order valence-corrected chi connectivity index (χ1v) is 7.78. The fourth-order valence-electron chi connectivity index (χ4n) is 3.88. The van der Waals surface area contributed by atoms with E-state index < -0.39 is 0 Å². The van der Waals surface area contributed by atoms with E-state index in [1.165, 1.54) is 38.1 Å². The molecule has 19 heavy (non-hydrogen) atoms. The summed E-state index contributed by atoms with van der Waals surface area (Å²) >= 11 is 0. The number of nitrogens with one attached hydrogen (secondary N) is 1. The largest absolute Gasteiger partial charge is 0.338 e. The third-order valence-corrected chi connectivity index (χ3v) is 5.14. The fraction of sp³-hybridized carbons (Fsp3) is 0.812. The molecule has 0 bridgehead atoms. The van der Waals surface area contributed by atoms with E-state index in [1.807, 2.05) is 6.20 Å². The molecule has 0 aromatic carbocycles. The van der Waals surface area contributed by atoms with E-state index in [0.29, 0.717) is 11.5 Å². The molecule has 2 fully saturated rings. The van der Waals surface area contributed by atoms with Gasteiger partial charge in [-0.15, -0.1) is 0 Å². The zero-order valence-corrected chi connectivity index (χ0v) is 12.5. The Balaban J connectivity index is 1.61. The van der Waals surface area contributed by atoms with Crippen molar-refractivity contribution in [1.82, 2.24) is 14.9 Å². The maximum absolute atomic E-state index is 4.48. The molecule has 0 spiro atoms. The second kappa shape index (κ2) is 4.93. The van der Waals surface area contributed by atoms with E-state index in [0.717, 1.165) is 18.3 Å². The smallest absolute Gasteiger partial charge is 0.108 e. The number of hydrogen-bond donors (Lipinski definition) is 1. The maximum atomic E-state index is 4.48. The summed E-state index contributed by atoms with van der Waals surface area (Å²) in [6.45, 7) is 5.70. The second-order valence-corrected chi connectivity index (χ2v) is 7.15. The lowest BCUT2D eigenvalue weighted by Crippen LogP contribution is -2.37. The standard InChI is InChI=1S/C16H27N3/c1-12(2)18-11-16(9-13-8-14(13)10-16)5-4-15-17-6-7-19(15)3/h6-7,12-14,18H,4-5,8-11H2,1-3H3. The van der Waals surface area contributed by atoms with E-state index in [-0.39, 0.29) is 0 Å². The highest BCUT2D eigenvalue weighted by molar-refractivity contribution is 5.05. The van der Waals surface area contributed by atoms with Crippen molar-refractivity contribution in [2.45, 2.75) is 52.0 Å². The summed E-state index contributed by atoms with van der Waals surface area (Å²) in [5.74, 6) is 3.34. The molecular weight excluding hydrogens is 234 g/mol. The Morgan fingerprint density at radius 3 is 2.74 bits per heavy atom. The van der Waals surface area contributed by atoms with E-state index >= 15 is 0 Å². The third-order valence-electron chi connectivity index (χ3n) is 5.14. The molecule has 1 aromatic rings. The van der Waals surface area contributed by atoms with Crippen molar-refractivity contribution in [2.24, 2.45) is 24.3 Å². The van der Waals surface area contributed by atoms with E-state index in [1.54, 1.807) is 0 Å². The molecule has 3 nitrogen and oxygen atoms in total. The van der Waals surface area contributed by atoms with Crippen molar-refractivity contribution < 1.29 is 0 Å². The van der Waals surface area contributed by atoms with Crippen LogP contribution in [-0.2, 0) is 13.5 Å². The Morgan fingerprint density at radius 1 is 1.42 bits per heavy atom. The van der Waals surface area contributed by atoms with Gasteiger partial charge in [-0.2, -0.15) is 0 Å². The summed E-state index contributed by atoms with van der Waals surface area (Å²) in [6.07, 6.45) is 10.8. The average Bonchev–Trinajstić information content (AvgIpc) is 2.81. The minimum atomic E-state index is 0.545. The van der Waals surface area contributed by atoms with Gasteiger partial charge in [0.15, 0.2) is 0 Å². The number of aryl methyl sites for hydroxylation is 2. The van der Waals surface area contributed by atoms with Crippen LogP contribution in [0.25, 0.3) is 0 Å². The minimum absolute atomic E-state index is 0.545. The second-order valence-electron chi connectivity index (χ2n) is 7.15. The number of nitrogens with zero attached hydrogens (tertiary/aromatic N) is 2. The Kier molecular flexibility index (Phi) is 3.42. The lowest BCUT2D eigenvalue weighted by atomic mass is 9.78. The molecule has 0 amide bonds. The number of fused-ring (bicyclic) bond motifs is 1. The van der Waals surface area contributed by atoms with Crippen LogP contribution in [0.3, 0.4) is 0 Å². The Morgan fingerprint density at radius 2 is 2.16 bits per heavy atom. The molecule has 106 valence electrons. The summed E-state index contributed by atoms with van der Waals surface area (Å²) in [4.78, 5) is 4.48. The molecule has 2 aliphatic rings. The molecule has 1 heterocycles. The van der Waals surface area contributed by atoms with Gasteiger partial charge in [0, 0.05) is 38.4 Å². The summed E-state index contributed by atoms with van der Waals surface area (Å²) in [7, 11) is 2.10. The summed E-state index contributed by atoms with van der Waals surface area (Å²) in [6, 6.07) is 0.599. The molecule has 3 rings (SSSR count). The van der Waals surface area contributed by atoms with Crippen molar-refractivity contribution in [3.8, 4) is 0 Å². The lowest BCUT2D eigenvalue weighted by Gasteiger charge is -2.32. The van der Waals surface area contributed by atoms with Crippen molar-refractivity contribution in [3.05, 3.63) is 18.2 Å². The van der Waals surface area contributed by atoms with Crippen molar-refractivity contribution in [1.29, 1.82) is 0 Å². The molecule has 0 radical (unpaired) electrons. The number of aromatic nitrogens is 2. The molecule has 0 aliphatic heterocycles. The number of imidazole rings is 1. The average molecular weight is 261 g/mol. The molecule has 0 saturated heterocycles. The topological polar surface area (TPSA) is 29.9 Å². The Hall–Kier alpha value is -0.830. The van der Waals surface area contributed by atoms with Gasteiger partial charge in [-0.25, -0.2) is 4.98 Å². The summed E-state index contributed by atoms with van der Waals surface area (Å²) in [5.41, 5.74) is 0.545. The zero-order chi connectivity index (χ0) is 13.5. The number of hydrogen-bond acceptors (Lipinski definition) is 2. The van der Waals surface area contributed by atoms with Gasteiger partial charge in [-0.3, -0.25) is 0 Å². The molecular formula is C16H27N3. The molecule has 1 aromatic heterocycles. The predicted octanol–water partition coefficient (Wildman–Crippen LogP) is 2.77. The Labute approximate surface area is 116 Å². The minimum Gasteiger partial charge on any atom is -0.338 e. The van der Waals surface area contributed by atoms with Gasteiger partial charge in [0.1, 0.15) is 5.82 Å². The van der Waals surface area contributed by atoms with Crippen LogP contribution < -0.4 is 5.32 Å². The van der Waals surface area contributed by atoms with Crippen LogP contribution in [0.15, 0.2) is 12.4 Å². The van der Waals surface area contributed by atoms with Gasteiger partial charge in [-0.1, -0.05) is 13.8 Å². The Bertz CT molecular complexity index is 425. The zero-order valence-electron chi connectivity index (χ0n) is 12.5. The van der Waals surface area contributed by atoms with Gasteiger partial charge < -0.3 is 9.88 Å². The normalized spacial score (nSPS) is 32.8. The third kappa shape index (κ3) is 2.86. The van der Waals surface area contributed by atoms with E-state index in [4.69, 9.17) is 0 Å². The fourth-order valence-corrected chi connectivity index (χ4v) is 3.88. The molecule has 2 saturated carbocycles. The molecule has 1 N–H and O–H groups in total. The van der Waals surface area contributed by atoms with Crippen LogP contribution in [0.2, 0.25) is 0 Å². The SMILES string of the molecule is CC(C)NCC1(CCc2nccn2C)CC2CC2C1. The first kappa shape index (κ1) is 13.2. The van der Waals surface area contributed by atoms with Crippen LogP contribution >= 0.6 is 0 Å². The monoisotopic (exact) mass is 261 g/mol. The lowest BCUT2D eigenvalue weighted by molar-refractivity contribution is 0.222. The van der Waals surface area contributed by atoms with Crippen molar-refractivity contribution in [2.75, 3.05) is 6.54 Å². The summed E-state index contributed by atoms with van der Waals surface area (Å²) < 4.78 is 2.17. The first-order valence-electron chi connectivity index (χ1n) is 7.78. The highest BCUT2D eigenvalue weighted by Crippen LogP contribution is 2.61. The van der Waals surface area contributed by atoms with E-state index in [9.17, 15) is 0 Å². The highest BCUT2D eigenvalue weighted by atomic mass is 15.0. The molecule has 2 atom stereocenters. The molecule has 2 aliphatic carbocycles. The van der Waals surface area contributed by atoms with Gasteiger partial charge in [0.25, 0.3) is 0 Å². The summed E-state index contributed by atoms with van der Waals surface area (Å²) in [5, 5.41) is 3.69. The van der Waals surface area contributed by atoms with Crippen molar-refractivity contribution >= 4 is 0 Å². The van der Waals surface area contributed by atoms with Gasteiger partial charge >= 0.3 is 0 Å². The van der Waals surface area contributed by atoms with Crippen LogP contribution in [-0.4, -0.2) is 22.1 Å². The quantitative estimate of drug-likeness (QED) is 0.853. The van der Waals surface area contributed by atoms with Gasteiger partial charge in [0.2, 0.25) is 0 Å². The van der Waals surface area contributed by atoms with Crippen molar-refractivity contribution in [3.63, 3.8) is 0 Å². The first-order chi connectivity index (χ1) is 9.08. The predicted molar refractivity (Wildman–Crippen MR) is 77.9 cm³/mol. The van der Waals surface area contributed by atoms with Crippen LogP contribution in [0, 0.1) is 17.3 Å². The van der Waals surface area contributed by atoms with Gasteiger partial charge in [-0.05, 0) is 42.9 Å². The molecule has 3 heteroatoms. The molecule has 2 unspecified atom stereocenters. The maximum Gasteiger partial charge on any atom is 0.108 e. The van der Waals surface area contributed by atoms with Gasteiger partial charge in [0.05, 0.1) is 0 Å².